The fourth-order valence-corrected chi connectivity index (χ4v) is 2.57. The Labute approximate surface area is 132 Å². The number of hydrogen-bond donors (Lipinski definition) is 1. The van der Waals surface area contributed by atoms with Crippen molar-refractivity contribution in [1.29, 1.82) is 0 Å². The minimum Gasteiger partial charge on any atom is -0.494 e. The third kappa shape index (κ3) is 2.46. The Bertz CT molecular complexity index is 942. The Morgan fingerprint density at radius 2 is 1.30 bits per heavy atom. The normalized spacial score (nSPS) is 10.7. The smallest absolute Gasteiger partial charge is 0.343 e. The maximum Gasteiger partial charge on any atom is 0.343 e. The van der Waals surface area contributed by atoms with Gasteiger partial charge in [-0.3, -0.25) is 4.79 Å². The topological polar surface area (TPSA) is 64.2 Å². The first kappa shape index (κ1) is 14.8. The molecule has 0 aliphatic heterocycles. The standard InChI is InChI=1S/C18H16N2O3/c1-2-15-16(21)19(13-9-5-3-6-10-13)18(23)20(17(15)22)14-11-7-4-8-12-14/h3-12,21H,2H2,1H3. The monoisotopic (exact) mass is 308 g/mol. The van der Waals surface area contributed by atoms with Gasteiger partial charge in [0.05, 0.1) is 16.9 Å². The number of aromatic hydroxyl groups is 1. The van der Waals surface area contributed by atoms with Gasteiger partial charge >= 0.3 is 5.69 Å². The van der Waals surface area contributed by atoms with Crippen molar-refractivity contribution in [3.8, 4) is 17.3 Å². The first-order valence-electron chi connectivity index (χ1n) is 7.36. The van der Waals surface area contributed by atoms with E-state index in [1.165, 1.54) is 0 Å². The second kappa shape index (κ2) is 5.96. The van der Waals surface area contributed by atoms with E-state index in [9.17, 15) is 14.7 Å². The van der Waals surface area contributed by atoms with Crippen LogP contribution >= 0.6 is 0 Å². The zero-order valence-corrected chi connectivity index (χ0v) is 12.6. The minimum atomic E-state index is -0.595. The molecule has 2 aromatic carbocycles. The summed E-state index contributed by atoms with van der Waals surface area (Å²) in [5, 5.41) is 10.4. The molecule has 3 aromatic rings. The number of rotatable bonds is 3. The van der Waals surface area contributed by atoms with Crippen LogP contribution < -0.4 is 11.2 Å². The van der Waals surface area contributed by atoms with Gasteiger partial charge in [-0.15, -0.1) is 0 Å². The fraction of sp³-hybridized carbons (Fsp3) is 0.111. The molecule has 0 amide bonds. The summed E-state index contributed by atoms with van der Waals surface area (Å²) in [7, 11) is 0. The Morgan fingerprint density at radius 1 is 0.826 bits per heavy atom. The highest BCUT2D eigenvalue weighted by Gasteiger charge is 2.19. The largest absolute Gasteiger partial charge is 0.494 e. The molecule has 1 aromatic heterocycles. The van der Waals surface area contributed by atoms with Gasteiger partial charge in [-0.05, 0) is 30.7 Å². The molecule has 1 heterocycles. The van der Waals surface area contributed by atoms with E-state index < -0.39 is 11.2 Å². The lowest BCUT2D eigenvalue weighted by Crippen LogP contribution is -2.39. The quantitative estimate of drug-likeness (QED) is 0.807. The van der Waals surface area contributed by atoms with Crippen molar-refractivity contribution in [3.63, 3.8) is 0 Å². The van der Waals surface area contributed by atoms with Crippen molar-refractivity contribution in [1.82, 2.24) is 9.13 Å². The van der Waals surface area contributed by atoms with E-state index in [0.29, 0.717) is 17.8 Å². The summed E-state index contributed by atoms with van der Waals surface area (Å²) in [5.41, 5.74) is 0.101. The van der Waals surface area contributed by atoms with Crippen LogP contribution in [0.1, 0.15) is 12.5 Å². The van der Waals surface area contributed by atoms with Crippen LogP contribution in [0.25, 0.3) is 11.4 Å². The van der Waals surface area contributed by atoms with E-state index in [0.717, 1.165) is 9.13 Å². The summed E-state index contributed by atoms with van der Waals surface area (Å²) < 4.78 is 2.25. The van der Waals surface area contributed by atoms with Crippen LogP contribution in [0.2, 0.25) is 0 Å². The second-order valence-corrected chi connectivity index (χ2v) is 5.09. The number of aromatic nitrogens is 2. The zero-order valence-electron chi connectivity index (χ0n) is 12.6. The molecule has 0 spiro atoms. The molecule has 23 heavy (non-hydrogen) atoms. The van der Waals surface area contributed by atoms with E-state index in [2.05, 4.69) is 0 Å². The lowest BCUT2D eigenvalue weighted by atomic mass is 10.2. The van der Waals surface area contributed by atoms with Crippen LogP contribution in [0, 0.1) is 0 Å². The van der Waals surface area contributed by atoms with Crippen LogP contribution in [-0.4, -0.2) is 14.2 Å². The van der Waals surface area contributed by atoms with Crippen molar-refractivity contribution >= 4 is 0 Å². The van der Waals surface area contributed by atoms with E-state index in [4.69, 9.17) is 0 Å². The summed E-state index contributed by atoms with van der Waals surface area (Å²) in [4.78, 5) is 25.5. The highest BCUT2D eigenvalue weighted by atomic mass is 16.3. The average Bonchev–Trinajstić information content (AvgIpc) is 2.57. The minimum absolute atomic E-state index is 0.206. The number of nitrogens with zero attached hydrogens (tertiary/aromatic N) is 2. The van der Waals surface area contributed by atoms with Crippen LogP contribution in [0.15, 0.2) is 70.3 Å². The molecule has 0 unspecified atom stereocenters. The molecular weight excluding hydrogens is 292 g/mol. The van der Waals surface area contributed by atoms with E-state index in [1.54, 1.807) is 55.5 Å². The summed E-state index contributed by atoms with van der Waals surface area (Å²) in [6.07, 6.45) is 0.324. The summed E-state index contributed by atoms with van der Waals surface area (Å²) in [6, 6.07) is 17.5. The van der Waals surface area contributed by atoms with Gasteiger partial charge in [-0.25, -0.2) is 13.9 Å². The molecule has 0 aliphatic rings. The second-order valence-electron chi connectivity index (χ2n) is 5.09. The average molecular weight is 308 g/mol. The molecule has 1 N–H and O–H groups in total. The lowest BCUT2D eigenvalue weighted by Gasteiger charge is -2.15. The molecule has 5 nitrogen and oxygen atoms in total. The number of para-hydroxylation sites is 2. The number of benzene rings is 2. The highest BCUT2D eigenvalue weighted by Crippen LogP contribution is 2.17. The van der Waals surface area contributed by atoms with E-state index in [1.807, 2.05) is 12.1 Å². The maximum absolute atomic E-state index is 12.8. The van der Waals surface area contributed by atoms with Gasteiger partial charge in [-0.1, -0.05) is 43.3 Å². The van der Waals surface area contributed by atoms with Crippen molar-refractivity contribution in [2.24, 2.45) is 0 Å². The van der Waals surface area contributed by atoms with Crippen molar-refractivity contribution in [3.05, 3.63) is 87.1 Å². The van der Waals surface area contributed by atoms with Gasteiger partial charge in [0.25, 0.3) is 5.56 Å². The van der Waals surface area contributed by atoms with Crippen molar-refractivity contribution in [2.45, 2.75) is 13.3 Å². The summed E-state index contributed by atoms with van der Waals surface area (Å²) >= 11 is 0. The maximum atomic E-state index is 12.8. The van der Waals surface area contributed by atoms with Gasteiger partial charge < -0.3 is 5.11 Å². The Kier molecular flexibility index (Phi) is 3.85. The van der Waals surface area contributed by atoms with Gasteiger partial charge in [0.1, 0.15) is 0 Å². The molecule has 0 saturated heterocycles. The lowest BCUT2D eigenvalue weighted by molar-refractivity contribution is 0.420. The first-order valence-corrected chi connectivity index (χ1v) is 7.36. The Hall–Kier alpha value is -3.08. The van der Waals surface area contributed by atoms with Crippen LogP contribution in [-0.2, 0) is 6.42 Å². The van der Waals surface area contributed by atoms with Gasteiger partial charge in [-0.2, -0.15) is 0 Å². The van der Waals surface area contributed by atoms with Crippen molar-refractivity contribution in [2.75, 3.05) is 0 Å². The third-order valence-corrected chi connectivity index (χ3v) is 3.71. The molecule has 5 heteroatoms. The molecule has 0 bridgehead atoms. The molecule has 116 valence electrons. The van der Waals surface area contributed by atoms with Crippen LogP contribution in [0.3, 0.4) is 0 Å². The first-order chi connectivity index (χ1) is 11.1. The van der Waals surface area contributed by atoms with Crippen LogP contribution in [0.4, 0.5) is 0 Å². The summed E-state index contributed by atoms with van der Waals surface area (Å²) in [6.45, 7) is 1.77. The molecule has 0 aliphatic carbocycles. The predicted molar refractivity (Wildman–Crippen MR) is 88.7 cm³/mol. The SMILES string of the molecule is CCc1c(O)n(-c2ccccc2)c(=O)n(-c2ccccc2)c1=O. The Morgan fingerprint density at radius 3 is 1.78 bits per heavy atom. The highest BCUT2D eigenvalue weighted by molar-refractivity contribution is 5.41. The zero-order chi connectivity index (χ0) is 16.4. The van der Waals surface area contributed by atoms with Gasteiger partial charge in [0.15, 0.2) is 0 Å². The molecule has 0 fully saturated rings. The summed E-state index contributed by atoms with van der Waals surface area (Å²) in [5.74, 6) is -0.305. The van der Waals surface area contributed by atoms with E-state index in [-0.39, 0.29) is 11.4 Å². The molecule has 0 radical (unpaired) electrons. The molecule has 3 rings (SSSR count). The third-order valence-electron chi connectivity index (χ3n) is 3.71. The number of hydrogen-bond acceptors (Lipinski definition) is 3. The van der Waals surface area contributed by atoms with Gasteiger partial charge in [0, 0.05) is 0 Å². The molecule has 0 saturated carbocycles. The fourth-order valence-electron chi connectivity index (χ4n) is 2.57. The predicted octanol–water partition coefficient (Wildman–Crippen LogP) is 2.26. The van der Waals surface area contributed by atoms with Gasteiger partial charge in [0.2, 0.25) is 5.88 Å². The van der Waals surface area contributed by atoms with E-state index >= 15 is 0 Å². The molecule has 0 atom stereocenters. The van der Waals surface area contributed by atoms with Crippen LogP contribution in [0.5, 0.6) is 5.88 Å². The Balaban J connectivity index is 2.43. The van der Waals surface area contributed by atoms with Crippen molar-refractivity contribution < 1.29 is 5.11 Å². The molecular formula is C18H16N2O3.